The van der Waals surface area contributed by atoms with E-state index in [9.17, 15) is 9.59 Å². The van der Waals surface area contributed by atoms with Crippen LogP contribution in [0.2, 0.25) is 0 Å². The van der Waals surface area contributed by atoms with E-state index in [1.165, 1.54) is 51.4 Å². The van der Waals surface area contributed by atoms with E-state index in [4.69, 9.17) is 0 Å². The molecule has 3 aliphatic rings. The summed E-state index contributed by atoms with van der Waals surface area (Å²) in [5.41, 5.74) is 0. The minimum absolute atomic E-state index is 0.0129. The highest BCUT2D eigenvalue weighted by atomic mass is 16.2. The van der Waals surface area contributed by atoms with Crippen LogP contribution < -0.4 is 10.6 Å². The van der Waals surface area contributed by atoms with Crippen LogP contribution in [0.5, 0.6) is 0 Å². The predicted octanol–water partition coefficient (Wildman–Crippen LogP) is 2.21. The van der Waals surface area contributed by atoms with Gasteiger partial charge in [0.15, 0.2) is 0 Å². The van der Waals surface area contributed by atoms with Crippen LogP contribution in [0.15, 0.2) is 0 Å². The highest BCUT2D eigenvalue weighted by Gasteiger charge is 2.30. The van der Waals surface area contributed by atoms with Crippen molar-refractivity contribution in [2.24, 2.45) is 5.92 Å². The number of nitrogens with one attached hydrogen (secondary N) is 2. The Labute approximate surface area is 145 Å². The van der Waals surface area contributed by atoms with E-state index in [2.05, 4.69) is 15.5 Å². The smallest absolute Gasteiger partial charge is 0.242 e. The molecule has 2 heterocycles. The fourth-order valence-electron chi connectivity index (χ4n) is 4.68. The Hall–Kier alpha value is -1.10. The number of hydrogen-bond acceptors (Lipinski definition) is 3. The van der Waals surface area contributed by atoms with Gasteiger partial charge in [-0.2, -0.15) is 0 Å². The summed E-state index contributed by atoms with van der Waals surface area (Å²) in [4.78, 5) is 26.8. The quantitative estimate of drug-likeness (QED) is 0.810. The lowest BCUT2D eigenvalue weighted by Crippen LogP contribution is -2.49. The number of nitrogens with zero attached hydrogens (tertiary/aromatic N) is 1. The third kappa shape index (κ3) is 4.95. The molecule has 2 aliphatic heterocycles. The van der Waals surface area contributed by atoms with Crippen molar-refractivity contribution in [1.82, 2.24) is 15.5 Å². The minimum atomic E-state index is -0.334. The van der Waals surface area contributed by atoms with Crippen LogP contribution in [0.3, 0.4) is 0 Å². The third-order valence-electron chi connectivity index (χ3n) is 6.05. The molecule has 136 valence electrons. The molecule has 0 spiro atoms. The van der Waals surface area contributed by atoms with Crippen molar-refractivity contribution in [3.05, 3.63) is 0 Å². The van der Waals surface area contributed by atoms with E-state index in [0.29, 0.717) is 12.6 Å². The molecule has 0 aromatic heterocycles. The molecule has 0 radical (unpaired) electrons. The molecule has 5 nitrogen and oxygen atoms in total. The summed E-state index contributed by atoms with van der Waals surface area (Å²) in [6, 6.07) is 0.237. The zero-order chi connectivity index (χ0) is 16.8. The van der Waals surface area contributed by atoms with Crippen LogP contribution in [0, 0.1) is 5.92 Å². The monoisotopic (exact) mass is 335 g/mol. The van der Waals surface area contributed by atoms with E-state index in [1.54, 1.807) is 0 Å². The molecule has 3 rings (SSSR count). The summed E-state index contributed by atoms with van der Waals surface area (Å²) in [5.74, 6) is 0.869. The number of amides is 2. The molecule has 2 saturated heterocycles. The van der Waals surface area contributed by atoms with E-state index in [1.807, 2.05) is 0 Å². The Kier molecular flexibility index (Phi) is 6.52. The zero-order valence-corrected chi connectivity index (χ0v) is 14.9. The number of hydrogen-bond donors (Lipinski definition) is 2. The Balaban J connectivity index is 1.46. The van der Waals surface area contributed by atoms with Gasteiger partial charge >= 0.3 is 0 Å². The lowest BCUT2D eigenvalue weighted by atomic mass is 9.84. The Morgan fingerprint density at radius 1 is 1.04 bits per heavy atom. The predicted molar refractivity (Wildman–Crippen MR) is 94.6 cm³/mol. The largest absolute Gasteiger partial charge is 0.354 e. The van der Waals surface area contributed by atoms with Gasteiger partial charge in [0.2, 0.25) is 11.8 Å². The van der Waals surface area contributed by atoms with Crippen molar-refractivity contribution >= 4 is 11.8 Å². The topological polar surface area (TPSA) is 61.4 Å². The molecule has 1 aliphatic carbocycles. The van der Waals surface area contributed by atoms with Crippen molar-refractivity contribution < 1.29 is 9.59 Å². The van der Waals surface area contributed by atoms with E-state index < -0.39 is 0 Å². The molecule has 0 aromatic rings. The summed E-state index contributed by atoms with van der Waals surface area (Å²) < 4.78 is 0. The number of likely N-dealkylation sites (tertiary alicyclic amines) is 1. The van der Waals surface area contributed by atoms with Crippen LogP contribution in [-0.4, -0.2) is 48.4 Å². The summed E-state index contributed by atoms with van der Waals surface area (Å²) in [7, 11) is 0. The van der Waals surface area contributed by atoms with Gasteiger partial charge in [0.25, 0.3) is 0 Å². The van der Waals surface area contributed by atoms with Gasteiger partial charge in [-0.15, -0.1) is 0 Å². The first-order valence-electron chi connectivity index (χ1n) is 10.0. The average Bonchev–Trinajstić information content (AvgIpc) is 2.90. The first-order chi connectivity index (χ1) is 11.7. The highest BCUT2D eigenvalue weighted by molar-refractivity contribution is 5.88. The number of carbonyl (C=O) groups is 2. The molecule has 2 amide bonds. The fraction of sp³-hybridized carbons (Fsp3) is 0.895. The van der Waals surface area contributed by atoms with E-state index in [-0.39, 0.29) is 17.9 Å². The Bertz CT molecular complexity index is 434. The third-order valence-corrected chi connectivity index (χ3v) is 6.05. The minimum Gasteiger partial charge on any atom is -0.354 e. The van der Waals surface area contributed by atoms with Crippen molar-refractivity contribution in [3.8, 4) is 0 Å². The van der Waals surface area contributed by atoms with Crippen LogP contribution in [0.4, 0.5) is 0 Å². The average molecular weight is 335 g/mol. The van der Waals surface area contributed by atoms with Crippen molar-refractivity contribution in [3.63, 3.8) is 0 Å². The molecule has 3 fully saturated rings. The summed E-state index contributed by atoms with van der Waals surface area (Å²) in [5, 5.41) is 5.86. The maximum absolute atomic E-state index is 12.4. The normalized spacial score (nSPS) is 29.9. The Morgan fingerprint density at radius 3 is 2.67 bits per heavy atom. The van der Waals surface area contributed by atoms with Gasteiger partial charge in [-0.3, -0.25) is 14.5 Å². The standard InChI is InChI=1S/C19H33N3O2/c23-18(21-17-10-4-5-11-20-19(17)24)14-22-12-6-9-16(22)13-15-7-2-1-3-8-15/h15-17H,1-14H2,(H,20,24)(H,21,23). The number of carbonyl (C=O) groups excluding carboxylic acids is 2. The SMILES string of the molecule is O=C(CN1CCCC1CC1CCCCC1)NC1CCCCNC1=O. The van der Waals surface area contributed by atoms with E-state index >= 15 is 0 Å². The fourth-order valence-corrected chi connectivity index (χ4v) is 4.68. The second kappa shape index (κ2) is 8.84. The lowest BCUT2D eigenvalue weighted by Gasteiger charge is -2.30. The first-order valence-corrected chi connectivity index (χ1v) is 10.0. The van der Waals surface area contributed by atoms with Gasteiger partial charge in [-0.05, 0) is 51.0 Å². The van der Waals surface area contributed by atoms with Crippen LogP contribution in [0.25, 0.3) is 0 Å². The van der Waals surface area contributed by atoms with Crippen molar-refractivity contribution in [2.75, 3.05) is 19.6 Å². The van der Waals surface area contributed by atoms with Crippen LogP contribution >= 0.6 is 0 Å². The Morgan fingerprint density at radius 2 is 1.83 bits per heavy atom. The van der Waals surface area contributed by atoms with Gasteiger partial charge in [-0.1, -0.05) is 32.1 Å². The highest BCUT2D eigenvalue weighted by Crippen LogP contribution is 2.31. The molecular weight excluding hydrogens is 302 g/mol. The van der Waals surface area contributed by atoms with Gasteiger partial charge in [0.1, 0.15) is 6.04 Å². The molecular formula is C19H33N3O2. The molecule has 0 bridgehead atoms. The second-order valence-electron chi connectivity index (χ2n) is 7.91. The van der Waals surface area contributed by atoms with Gasteiger partial charge in [-0.25, -0.2) is 0 Å². The van der Waals surface area contributed by atoms with Gasteiger partial charge in [0, 0.05) is 12.6 Å². The first kappa shape index (κ1) is 17.7. The summed E-state index contributed by atoms with van der Waals surface area (Å²) in [6.45, 7) is 2.23. The molecule has 2 unspecified atom stereocenters. The van der Waals surface area contributed by atoms with Crippen molar-refractivity contribution in [1.29, 1.82) is 0 Å². The zero-order valence-electron chi connectivity index (χ0n) is 14.9. The van der Waals surface area contributed by atoms with Gasteiger partial charge in [0.05, 0.1) is 6.54 Å². The maximum atomic E-state index is 12.4. The molecule has 2 atom stereocenters. The maximum Gasteiger partial charge on any atom is 0.242 e. The van der Waals surface area contributed by atoms with E-state index in [0.717, 1.165) is 38.3 Å². The number of rotatable bonds is 5. The molecule has 5 heteroatoms. The molecule has 1 saturated carbocycles. The molecule has 24 heavy (non-hydrogen) atoms. The van der Waals surface area contributed by atoms with Crippen molar-refractivity contribution in [2.45, 2.75) is 82.7 Å². The second-order valence-corrected chi connectivity index (χ2v) is 7.91. The van der Waals surface area contributed by atoms with Crippen LogP contribution in [0.1, 0.15) is 70.6 Å². The lowest BCUT2D eigenvalue weighted by molar-refractivity contribution is -0.129. The van der Waals surface area contributed by atoms with Gasteiger partial charge < -0.3 is 10.6 Å². The molecule has 0 aromatic carbocycles. The van der Waals surface area contributed by atoms with Crippen LogP contribution in [-0.2, 0) is 9.59 Å². The summed E-state index contributed by atoms with van der Waals surface area (Å²) in [6.07, 6.45) is 13.4. The summed E-state index contributed by atoms with van der Waals surface area (Å²) >= 11 is 0. The molecule has 2 N–H and O–H groups in total.